The Labute approximate surface area is 144 Å². The van der Waals surface area contributed by atoms with Gasteiger partial charge in [-0.05, 0) is 43.4 Å². The van der Waals surface area contributed by atoms with E-state index in [1.807, 2.05) is 0 Å². The molecule has 0 saturated heterocycles. The van der Waals surface area contributed by atoms with E-state index in [1.165, 1.54) is 18.4 Å². The van der Waals surface area contributed by atoms with Crippen LogP contribution in [-0.4, -0.2) is 30.0 Å². The number of nitrogens with one attached hydrogen (secondary N) is 1. The number of aromatic nitrogens is 1. The second-order valence-corrected chi connectivity index (χ2v) is 7.27. The van der Waals surface area contributed by atoms with Gasteiger partial charge < -0.3 is 15.8 Å². The Morgan fingerprint density at radius 1 is 1.42 bits per heavy atom. The summed E-state index contributed by atoms with van der Waals surface area (Å²) in [4.78, 5) is 28.2. The van der Waals surface area contributed by atoms with Crippen LogP contribution in [0.1, 0.15) is 42.5 Å². The maximum atomic E-state index is 12.2. The number of ether oxygens (including phenoxy) is 1. The molecule has 1 aliphatic carbocycles. The first-order valence-electron chi connectivity index (χ1n) is 8.09. The summed E-state index contributed by atoms with van der Waals surface area (Å²) < 4.78 is 5.56. The van der Waals surface area contributed by atoms with Gasteiger partial charge in [0.25, 0.3) is 0 Å². The minimum Gasteiger partial charge on any atom is -0.465 e. The highest BCUT2D eigenvalue weighted by Crippen LogP contribution is 2.29. The highest BCUT2D eigenvalue weighted by molar-refractivity contribution is 7.22. The molecular weight excluding hydrogens is 326 g/mol. The van der Waals surface area contributed by atoms with Gasteiger partial charge in [-0.2, -0.15) is 0 Å². The minimum absolute atomic E-state index is 0.0265. The molecule has 24 heavy (non-hydrogen) atoms. The number of thiazole rings is 1. The van der Waals surface area contributed by atoms with E-state index >= 15 is 0 Å². The highest BCUT2D eigenvalue weighted by atomic mass is 32.1. The van der Waals surface area contributed by atoms with E-state index in [1.54, 1.807) is 18.2 Å². The first kappa shape index (κ1) is 16.9. The highest BCUT2D eigenvalue weighted by Gasteiger charge is 2.22. The van der Waals surface area contributed by atoms with Crippen LogP contribution in [0.2, 0.25) is 0 Å². The summed E-state index contributed by atoms with van der Waals surface area (Å²) in [5, 5.41) is 3.42. The van der Waals surface area contributed by atoms with Crippen molar-refractivity contribution in [2.24, 2.45) is 11.7 Å². The number of hydrogen-bond acceptors (Lipinski definition) is 6. The summed E-state index contributed by atoms with van der Waals surface area (Å²) in [5.41, 5.74) is 7.20. The number of hydrogen-bond donors (Lipinski definition) is 2. The van der Waals surface area contributed by atoms with Crippen LogP contribution in [0.25, 0.3) is 10.2 Å². The van der Waals surface area contributed by atoms with Crippen molar-refractivity contribution >= 4 is 38.6 Å². The molecular formula is C17H21N3O3S. The summed E-state index contributed by atoms with van der Waals surface area (Å²) in [5.74, 6) is -0.0556. The SMILES string of the molecule is COC(=O)c1ccc2nc(NC(=O)C[C@@H]3CCC[C@H](N)C3)sc2c1. The van der Waals surface area contributed by atoms with Crippen LogP contribution in [0, 0.1) is 5.92 Å². The Balaban J connectivity index is 1.66. The number of methoxy groups -OCH3 is 1. The van der Waals surface area contributed by atoms with E-state index < -0.39 is 0 Å². The van der Waals surface area contributed by atoms with E-state index in [2.05, 4.69) is 10.3 Å². The Hall–Kier alpha value is -1.99. The maximum Gasteiger partial charge on any atom is 0.337 e. The third-order valence-electron chi connectivity index (χ3n) is 4.35. The fourth-order valence-electron chi connectivity index (χ4n) is 3.17. The number of anilines is 1. The van der Waals surface area contributed by atoms with Crippen LogP contribution in [-0.2, 0) is 9.53 Å². The van der Waals surface area contributed by atoms with E-state index in [0.717, 1.165) is 35.9 Å². The molecule has 6 nitrogen and oxygen atoms in total. The number of esters is 1. The van der Waals surface area contributed by atoms with Crippen LogP contribution >= 0.6 is 11.3 Å². The molecule has 0 unspecified atom stereocenters. The molecule has 0 bridgehead atoms. The Bertz CT molecular complexity index is 759. The van der Waals surface area contributed by atoms with Gasteiger partial charge in [0.2, 0.25) is 5.91 Å². The molecule has 2 aromatic rings. The average molecular weight is 347 g/mol. The van der Waals surface area contributed by atoms with Gasteiger partial charge in [-0.25, -0.2) is 9.78 Å². The lowest BCUT2D eigenvalue weighted by molar-refractivity contribution is -0.117. The summed E-state index contributed by atoms with van der Waals surface area (Å²) in [6.07, 6.45) is 4.60. The number of amides is 1. The van der Waals surface area contributed by atoms with Gasteiger partial charge in [0.15, 0.2) is 5.13 Å². The van der Waals surface area contributed by atoms with Crippen molar-refractivity contribution in [3.8, 4) is 0 Å². The van der Waals surface area contributed by atoms with Crippen molar-refractivity contribution in [2.75, 3.05) is 12.4 Å². The van der Waals surface area contributed by atoms with Gasteiger partial charge in [0.05, 0.1) is 22.9 Å². The maximum absolute atomic E-state index is 12.2. The quantitative estimate of drug-likeness (QED) is 0.829. The van der Waals surface area contributed by atoms with Crippen molar-refractivity contribution in [1.29, 1.82) is 0 Å². The molecule has 1 heterocycles. The van der Waals surface area contributed by atoms with Crippen molar-refractivity contribution in [2.45, 2.75) is 38.1 Å². The van der Waals surface area contributed by atoms with Crippen LogP contribution in [0.4, 0.5) is 5.13 Å². The number of nitrogens with two attached hydrogens (primary N) is 1. The molecule has 1 saturated carbocycles. The topological polar surface area (TPSA) is 94.3 Å². The lowest BCUT2D eigenvalue weighted by Crippen LogP contribution is -2.29. The zero-order valence-corrected chi connectivity index (χ0v) is 14.4. The fourth-order valence-corrected chi connectivity index (χ4v) is 4.09. The van der Waals surface area contributed by atoms with Gasteiger partial charge in [-0.15, -0.1) is 0 Å². The number of rotatable bonds is 4. The third kappa shape index (κ3) is 3.91. The average Bonchev–Trinajstić information content (AvgIpc) is 2.95. The van der Waals surface area contributed by atoms with E-state index in [0.29, 0.717) is 23.0 Å². The summed E-state index contributed by atoms with van der Waals surface area (Å²) in [6, 6.07) is 5.38. The molecule has 0 radical (unpaired) electrons. The molecule has 128 valence electrons. The van der Waals surface area contributed by atoms with Crippen LogP contribution in [0.5, 0.6) is 0 Å². The largest absolute Gasteiger partial charge is 0.465 e. The predicted octanol–water partition coefficient (Wildman–Crippen LogP) is 2.93. The van der Waals surface area contributed by atoms with Crippen molar-refractivity contribution in [3.63, 3.8) is 0 Å². The van der Waals surface area contributed by atoms with Crippen molar-refractivity contribution in [3.05, 3.63) is 23.8 Å². The van der Waals surface area contributed by atoms with E-state index in [4.69, 9.17) is 10.5 Å². The second-order valence-electron chi connectivity index (χ2n) is 6.24. The lowest BCUT2D eigenvalue weighted by atomic mass is 9.84. The van der Waals surface area contributed by atoms with Gasteiger partial charge >= 0.3 is 5.97 Å². The Morgan fingerprint density at radius 2 is 2.25 bits per heavy atom. The molecule has 3 N–H and O–H groups in total. The van der Waals surface area contributed by atoms with Crippen molar-refractivity contribution in [1.82, 2.24) is 4.98 Å². The standard InChI is InChI=1S/C17H21N3O3S/c1-23-16(22)11-5-6-13-14(9-11)24-17(19-13)20-15(21)8-10-3-2-4-12(18)7-10/h5-6,9-10,12H,2-4,7-8,18H2,1H3,(H,19,20,21)/t10-,12+/m1/s1. The number of benzene rings is 1. The molecule has 1 aliphatic rings. The predicted molar refractivity (Wildman–Crippen MR) is 94.1 cm³/mol. The molecule has 7 heteroatoms. The summed E-state index contributed by atoms with van der Waals surface area (Å²) >= 11 is 1.35. The monoisotopic (exact) mass is 347 g/mol. The fraction of sp³-hybridized carbons (Fsp3) is 0.471. The van der Waals surface area contributed by atoms with Crippen LogP contribution < -0.4 is 11.1 Å². The van der Waals surface area contributed by atoms with Crippen LogP contribution in [0.15, 0.2) is 18.2 Å². The minimum atomic E-state index is -0.385. The Morgan fingerprint density at radius 3 is 3.00 bits per heavy atom. The summed E-state index contributed by atoms with van der Waals surface area (Å²) in [6.45, 7) is 0. The lowest BCUT2D eigenvalue weighted by Gasteiger charge is -2.25. The number of carbonyl (C=O) groups is 2. The number of carbonyl (C=O) groups excluding carboxylic acids is 2. The molecule has 0 spiro atoms. The third-order valence-corrected chi connectivity index (χ3v) is 5.29. The number of fused-ring (bicyclic) bond motifs is 1. The molecule has 1 fully saturated rings. The van der Waals surface area contributed by atoms with Gasteiger partial charge in [-0.3, -0.25) is 4.79 Å². The van der Waals surface area contributed by atoms with Crippen LogP contribution in [0.3, 0.4) is 0 Å². The molecule has 1 aromatic carbocycles. The second kappa shape index (κ2) is 7.27. The normalized spacial score (nSPS) is 20.8. The molecule has 1 aromatic heterocycles. The molecule has 0 aliphatic heterocycles. The van der Waals surface area contributed by atoms with E-state index in [9.17, 15) is 9.59 Å². The smallest absolute Gasteiger partial charge is 0.337 e. The zero-order chi connectivity index (χ0) is 17.1. The zero-order valence-electron chi connectivity index (χ0n) is 13.6. The van der Waals surface area contributed by atoms with Gasteiger partial charge in [0.1, 0.15) is 0 Å². The van der Waals surface area contributed by atoms with E-state index in [-0.39, 0.29) is 17.9 Å². The van der Waals surface area contributed by atoms with Gasteiger partial charge in [0, 0.05) is 12.5 Å². The Kier molecular flexibility index (Phi) is 5.11. The molecule has 1 amide bonds. The van der Waals surface area contributed by atoms with Gasteiger partial charge in [-0.1, -0.05) is 17.8 Å². The first-order chi connectivity index (χ1) is 11.5. The van der Waals surface area contributed by atoms with Crippen molar-refractivity contribution < 1.29 is 14.3 Å². The molecule has 3 rings (SSSR count). The summed E-state index contributed by atoms with van der Waals surface area (Å²) in [7, 11) is 1.35. The first-order valence-corrected chi connectivity index (χ1v) is 8.91. The number of nitrogens with zero attached hydrogens (tertiary/aromatic N) is 1. The molecule has 2 atom stereocenters.